The molecule has 1 atom stereocenters. The highest BCUT2D eigenvalue weighted by molar-refractivity contribution is 6.60. The summed E-state index contributed by atoms with van der Waals surface area (Å²) in [4.78, 5) is 0. The number of hydrogen-bond donors (Lipinski definition) is 0. The molecule has 1 fully saturated rings. The quantitative estimate of drug-likeness (QED) is 0.620. The minimum absolute atomic E-state index is 0.0870. The van der Waals surface area contributed by atoms with E-state index in [-0.39, 0.29) is 5.91 Å². The van der Waals surface area contributed by atoms with Gasteiger partial charge in [-0.3, -0.25) is 0 Å². The van der Waals surface area contributed by atoms with Crippen LogP contribution in [0.5, 0.6) is 0 Å². The zero-order valence-corrected chi connectivity index (χ0v) is 9.89. The number of rotatable bonds is 1. The molecule has 0 aromatic rings. The van der Waals surface area contributed by atoms with E-state index in [2.05, 4.69) is 0 Å². The van der Waals surface area contributed by atoms with Crippen LogP contribution >= 0.6 is 0 Å². The Bertz CT molecular complexity index is 242. The molecular formula is C11H18O2Si. The Hall–Kier alpha value is -0.703. The molecule has 78 valence electrons. The lowest BCUT2D eigenvalue weighted by Crippen LogP contribution is -2.34. The molecule has 0 saturated carbocycles. The molecule has 3 heteroatoms. The Morgan fingerprint density at radius 1 is 1.21 bits per heavy atom. The van der Waals surface area contributed by atoms with Crippen LogP contribution in [0.2, 0.25) is 12.1 Å². The van der Waals surface area contributed by atoms with Gasteiger partial charge in [-0.1, -0.05) is 31.4 Å². The summed E-state index contributed by atoms with van der Waals surface area (Å²) in [5.41, 5.74) is 1.14. The van der Waals surface area contributed by atoms with Gasteiger partial charge < -0.3 is 9.47 Å². The van der Waals surface area contributed by atoms with E-state index in [1.54, 1.807) is 6.26 Å². The second-order valence-electron chi connectivity index (χ2n) is 4.20. The maximum Gasteiger partial charge on any atom is 0.214 e. The predicted octanol–water partition coefficient (Wildman–Crippen LogP) is 2.73. The summed E-state index contributed by atoms with van der Waals surface area (Å²) in [6.07, 6.45) is 9.78. The number of hydrogen-bond acceptors (Lipinski definition) is 2. The van der Waals surface area contributed by atoms with Gasteiger partial charge in [0.15, 0.2) is 0 Å². The van der Waals surface area contributed by atoms with Crippen molar-refractivity contribution in [1.29, 1.82) is 0 Å². The molecule has 0 spiro atoms. The normalized spacial score (nSPS) is 28.6. The molecule has 0 aliphatic carbocycles. The molecule has 1 saturated heterocycles. The van der Waals surface area contributed by atoms with Crippen molar-refractivity contribution in [3.8, 4) is 0 Å². The van der Waals surface area contributed by atoms with Gasteiger partial charge >= 0.3 is 0 Å². The summed E-state index contributed by atoms with van der Waals surface area (Å²) >= 11 is 0. The Labute approximate surface area is 87.2 Å². The molecule has 2 aliphatic rings. The lowest BCUT2D eigenvalue weighted by molar-refractivity contribution is -0.000658. The third kappa shape index (κ3) is 2.41. The first-order valence-electron chi connectivity index (χ1n) is 5.50. The van der Waals surface area contributed by atoms with Crippen LogP contribution in [-0.4, -0.2) is 14.7 Å². The van der Waals surface area contributed by atoms with Gasteiger partial charge in [0, 0.05) is 0 Å². The van der Waals surface area contributed by atoms with Gasteiger partial charge in [0.1, 0.15) is 8.80 Å². The molecular weight excluding hydrogens is 192 g/mol. The Kier molecular flexibility index (Phi) is 3.29. The molecule has 0 N–H and O–H groups in total. The van der Waals surface area contributed by atoms with Crippen molar-refractivity contribution in [2.24, 2.45) is 0 Å². The lowest BCUT2D eigenvalue weighted by Gasteiger charge is -2.26. The van der Waals surface area contributed by atoms with Crippen molar-refractivity contribution in [3.63, 3.8) is 0 Å². The molecule has 1 unspecified atom stereocenters. The van der Waals surface area contributed by atoms with E-state index in [1.165, 1.54) is 31.4 Å². The van der Waals surface area contributed by atoms with Gasteiger partial charge in [-0.25, -0.2) is 0 Å². The van der Waals surface area contributed by atoms with Crippen LogP contribution in [0.1, 0.15) is 26.2 Å². The highest BCUT2D eigenvalue weighted by atomic mass is 28.3. The summed E-state index contributed by atoms with van der Waals surface area (Å²) in [6, 6.07) is 2.76. The predicted molar refractivity (Wildman–Crippen MR) is 59.5 cm³/mol. The van der Waals surface area contributed by atoms with Crippen molar-refractivity contribution in [1.82, 2.24) is 0 Å². The van der Waals surface area contributed by atoms with E-state index < -0.39 is 8.80 Å². The Balaban J connectivity index is 1.94. The van der Waals surface area contributed by atoms with Crippen molar-refractivity contribution in [2.75, 3.05) is 0 Å². The number of ether oxygens (including phenoxy) is 2. The second-order valence-corrected chi connectivity index (χ2v) is 7.42. The largest absolute Gasteiger partial charge is 0.467 e. The third-order valence-corrected chi connectivity index (χ3v) is 6.35. The van der Waals surface area contributed by atoms with E-state index in [0.29, 0.717) is 0 Å². The average Bonchev–Trinajstić information content (AvgIpc) is 2.44. The first kappa shape index (κ1) is 9.84. The van der Waals surface area contributed by atoms with E-state index in [9.17, 15) is 0 Å². The maximum absolute atomic E-state index is 5.67. The van der Waals surface area contributed by atoms with Crippen LogP contribution < -0.4 is 0 Å². The molecule has 0 aromatic heterocycles. The smallest absolute Gasteiger partial charge is 0.214 e. The fraction of sp³-hybridized carbons (Fsp3) is 0.636. The summed E-state index contributed by atoms with van der Waals surface area (Å²) < 4.78 is 11.3. The molecule has 2 aliphatic heterocycles. The molecule has 0 aromatic carbocycles. The van der Waals surface area contributed by atoms with Gasteiger partial charge in [0.2, 0.25) is 5.91 Å². The fourth-order valence-electron chi connectivity index (χ4n) is 2.10. The standard InChI is InChI=1S/C11H18O2Si/c1-10-5-6-12-11(13-9-10)14-7-3-2-4-8-14/h5-6,9,11,14H,2-4,7-8H2,1H3. The van der Waals surface area contributed by atoms with Gasteiger partial charge in [-0.2, -0.15) is 0 Å². The monoisotopic (exact) mass is 210 g/mol. The molecule has 0 bridgehead atoms. The maximum atomic E-state index is 5.67. The summed E-state index contributed by atoms with van der Waals surface area (Å²) in [7, 11) is -0.804. The van der Waals surface area contributed by atoms with Crippen LogP contribution in [0.25, 0.3) is 0 Å². The van der Waals surface area contributed by atoms with Gasteiger partial charge in [0.05, 0.1) is 12.5 Å². The first-order valence-corrected chi connectivity index (χ1v) is 7.80. The van der Waals surface area contributed by atoms with Crippen molar-refractivity contribution in [2.45, 2.75) is 44.2 Å². The average molecular weight is 210 g/mol. The minimum Gasteiger partial charge on any atom is -0.467 e. The van der Waals surface area contributed by atoms with E-state index in [1.807, 2.05) is 19.3 Å². The molecule has 2 nitrogen and oxygen atoms in total. The third-order valence-electron chi connectivity index (χ3n) is 2.97. The van der Waals surface area contributed by atoms with Gasteiger partial charge in [-0.05, 0) is 18.6 Å². The van der Waals surface area contributed by atoms with Crippen LogP contribution in [0.4, 0.5) is 0 Å². The Morgan fingerprint density at radius 2 is 2.00 bits per heavy atom. The van der Waals surface area contributed by atoms with Crippen molar-refractivity contribution < 1.29 is 9.47 Å². The van der Waals surface area contributed by atoms with Crippen LogP contribution in [0.3, 0.4) is 0 Å². The minimum atomic E-state index is -0.804. The Morgan fingerprint density at radius 3 is 2.79 bits per heavy atom. The summed E-state index contributed by atoms with van der Waals surface area (Å²) in [6.45, 7) is 2.03. The zero-order chi connectivity index (χ0) is 9.80. The fourth-order valence-corrected chi connectivity index (χ4v) is 5.17. The summed E-state index contributed by atoms with van der Waals surface area (Å²) in [5, 5.41) is 0. The van der Waals surface area contributed by atoms with Crippen molar-refractivity contribution in [3.05, 3.63) is 24.2 Å². The molecule has 0 radical (unpaired) electrons. The van der Waals surface area contributed by atoms with E-state index in [4.69, 9.17) is 9.47 Å². The van der Waals surface area contributed by atoms with Crippen LogP contribution in [0, 0.1) is 0 Å². The highest BCUT2D eigenvalue weighted by Crippen LogP contribution is 2.24. The van der Waals surface area contributed by atoms with Gasteiger partial charge in [0.25, 0.3) is 0 Å². The molecule has 2 heterocycles. The molecule has 2 rings (SSSR count). The van der Waals surface area contributed by atoms with Crippen LogP contribution in [-0.2, 0) is 9.47 Å². The van der Waals surface area contributed by atoms with E-state index >= 15 is 0 Å². The number of allylic oxidation sites excluding steroid dienone is 2. The summed E-state index contributed by atoms with van der Waals surface area (Å²) in [5.74, 6) is 0.0870. The molecule has 0 amide bonds. The lowest BCUT2D eigenvalue weighted by atomic mass is 10.3. The first-order chi connectivity index (χ1) is 6.86. The highest BCUT2D eigenvalue weighted by Gasteiger charge is 2.27. The second kappa shape index (κ2) is 4.69. The van der Waals surface area contributed by atoms with E-state index in [0.717, 1.165) is 5.57 Å². The van der Waals surface area contributed by atoms with Crippen molar-refractivity contribution >= 4 is 8.80 Å². The molecule has 14 heavy (non-hydrogen) atoms. The zero-order valence-electron chi connectivity index (χ0n) is 8.74. The topological polar surface area (TPSA) is 18.5 Å². The van der Waals surface area contributed by atoms with Gasteiger partial charge in [-0.15, -0.1) is 0 Å². The SMILES string of the molecule is CC1=COC([SiH]2CCCCC2)OC=C1. The van der Waals surface area contributed by atoms with Crippen LogP contribution in [0.15, 0.2) is 24.2 Å².